The number of hydrogen-bond acceptors (Lipinski definition) is 6. The van der Waals surface area contributed by atoms with Crippen molar-refractivity contribution in [3.63, 3.8) is 0 Å². The van der Waals surface area contributed by atoms with Gasteiger partial charge in [0.1, 0.15) is 39.4 Å². The Kier molecular flexibility index (Phi) is 3.29. The van der Waals surface area contributed by atoms with E-state index in [0.29, 0.717) is 22.8 Å². The smallest absolute Gasteiger partial charge is 0.344 e. The molecule has 0 N–H and O–H groups in total. The number of para-hydroxylation sites is 1. The Morgan fingerprint density at radius 1 is 1.10 bits per heavy atom. The van der Waals surface area contributed by atoms with Crippen LogP contribution >= 0.6 is 0 Å². The highest BCUT2D eigenvalue weighted by atomic mass is 16.6. The normalized spacial score (nSPS) is 24.1. The van der Waals surface area contributed by atoms with Crippen LogP contribution < -0.4 is 15.3 Å². The van der Waals surface area contributed by atoms with Crippen molar-refractivity contribution in [2.45, 2.75) is 38.2 Å². The van der Waals surface area contributed by atoms with Crippen molar-refractivity contribution in [2.24, 2.45) is 0 Å². The molecular formula is C22H19NO6. The second-order valence-corrected chi connectivity index (χ2v) is 8.24. The molecule has 148 valence electrons. The van der Waals surface area contributed by atoms with Gasteiger partial charge in [0.2, 0.25) is 5.91 Å². The molecule has 1 aromatic heterocycles. The van der Waals surface area contributed by atoms with Gasteiger partial charge in [0, 0.05) is 30.8 Å². The van der Waals surface area contributed by atoms with E-state index in [-0.39, 0.29) is 23.3 Å². The van der Waals surface area contributed by atoms with Gasteiger partial charge in [0.15, 0.2) is 0 Å². The first kappa shape index (κ1) is 17.7. The summed E-state index contributed by atoms with van der Waals surface area (Å²) < 4.78 is 17.0. The van der Waals surface area contributed by atoms with E-state index in [1.165, 1.54) is 4.90 Å². The molecule has 5 rings (SSSR count). The molecule has 0 aliphatic carbocycles. The molecule has 0 saturated carbocycles. The van der Waals surface area contributed by atoms with Gasteiger partial charge >= 0.3 is 11.6 Å². The predicted molar refractivity (Wildman–Crippen MR) is 103 cm³/mol. The van der Waals surface area contributed by atoms with Crippen molar-refractivity contribution in [2.75, 3.05) is 11.9 Å². The number of aryl methyl sites for hydroxylation is 1. The Labute approximate surface area is 166 Å². The van der Waals surface area contributed by atoms with Crippen LogP contribution in [0.25, 0.3) is 0 Å². The van der Waals surface area contributed by atoms with Crippen molar-refractivity contribution in [1.82, 2.24) is 0 Å². The van der Waals surface area contributed by atoms with Gasteiger partial charge < -0.3 is 18.8 Å². The number of carbonyl (C=O) groups excluding carboxylic acids is 2. The van der Waals surface area contributed by atoms with Crippen LogP contribution in [0.5, 0.6) is 5.75 Å². The summed E-state index contributed by atoms with van der Waals surface area (Å²) in [5.74, 6) is -0.134. The number of likely N-dealkylation sites (N-methyl/N-ethyl adjacent to an activating group) is 1. The minimum atomic E-state index is -1.66. The minimum Gasteiger partial charge on any atom is -0.460 e. The lowest BCUT2D eigenvalue weighted by Gasteiger charge is -2.41. The summed E-state index contributed by atoms with van der Waals surface area (Å²) in [5, 5.41) is 0. The summed E-state index contributed by atoms with van der Waals surface area (Å²) in [6.07, 6.45) is 0.285. The number of hydrogen-bond donors (Lipinski definition) is 0. The highest BCUT2D eigenvalue weighted by Crippen LogP contribution is 2.56. The van der Waals surface area contributed by atoms with Crippen molar-refractivity contribution >= 4 is 17.6 Å². The largest absolute Gasteiger partial charge is 0.460 e. The number of esters is 1. The van der Waals surface area contributed by atoms with E-state index < -0.39 is 28.5 Å². The molecule has 3 aliphatic rings. The highest BCUT2D eigenvalue weighted by molar-refractivity contribution is 6.18. The lowest BCUT2D eigenvalue weighted by Crippen LogP contribution is -2.52. The molecule has 1 spiro atoms. The minimum absolute atomic E-state index is 0.0142. The topological polar surface area (TPSA) is 86.0 Å². The molecule has 0 fully saturated rings. The number of rotatable bonds is 0. The molecule has 0 radical (unpaired) electrons. The molecule has 7 nitrogen and oxygen atoms in total. The second-order valence-electron chi connectivity index (χ2n) is 8.24. The average molecular weight is 393 g/mol. The van der Waals surface area contributed by atoms with E-state index in [2.05, 4.69) is 0 Å². The average Bonchev–Trinajstić information content (AvgIpc) is 2.83. The fraction of sp³-hybridized carbons (Fsp3) is 0.318. The molecule has 1 atom stereocenters. The fourth-order valence-corrected chi connectivity index (χ4v) is 4.68. The van der Waals surface area contributed by atoms with Crippen LogP contribution in [0.2, 0.25) is 0 Å². The molecule has 0 bridgehead atoms. The van der Waals surface area contributed by atoms with Gasteiger partial charge in [-0.1, -0.05) is 18.2 Å². The summed E-state index contributed by atoms with van der Waals surface area (Å²) in [6.45, 7) is 5.19. The number of anilines is 1. The van der Waals surface area contributed by atoms with E-state index in [9.17, 15) is 14.4 Å². The maximum absolute atomic E-state index is 13.7. The summed E-state index contributed by atoms with van der Waals surface area (Å²) in [6, 6.07) is 8.70. The standard InChI is InChI=1S/C22H19NO6/c1-11-9-14-16(18(24)27-11)22(12-7-5-6-8-13(12)23(4)20(22)26)17-15(28-14)10-21(2,3)29-19(17)25/h5-9H,10H2,1-4H3/t22-/m1/s1. The Hall–Kier alpha value is -3.35. The molecule has 1 amide bonds. The Morgan fingerprint density at radius 2 is 1.83 bits per heavy atom. The molecule has 4 heterocycles. The van der Waals surface area contributed by atoms with Crippen LogP contribution in [0.4, 0.5) is 5.69 Å². The SMILES string of the molecule is Cc1cc2c(c(=O)o1)[C@@]1(C(=O)N(C)c3ccccc31)C1=C(CC(C)(C)OC1=O)O2. The first-order valence-corrected chi connectivity index (χ1v) is 9.34. The van der Waals surface area contributed by atoms with Crippen molar-refractivity contribution in [3.8, 4) is 5.75 Å². The molecule has 0 saturated heterocycles. The lowest BCUT2D eigenvalue weighted by molar-refractivity contribution is -0.156. The third kappa shape index (κ3) is 2.10. The Balaban J connectivity index is 1.96. The predicted octanol–water partition coefficient (Wildman–Crippen LogP) is 2.58. The van der Waals surface area contributed by atoms with Crippen LogP contribution in [-0.4, -0.2) is 24.5 Å². The van der Waals surface area contributed by atoms with Gasteiger partial charge in [-0.2, -0.15) is 0 Å². The first-order chi connectivity index (χ1) is 13.7. The third-order valence-electron chi connectivity index (χ3n) is 5.75. The fourth-order valence-electron chi connectivity index (χ4n) is 4.68. The van der Waals surface area contributed by atoms with Gasteiger partial charge in [-0.25, -0.2) is 9.59 Å². The van der Waals surface area contributed by atoms with Gasteiger partial charge in [-0.05, 0) is 26.8 Å². The van der Waals surface area contributed by atoms with E-state index in [1.54, 1.807) is 58.2 Å². The lowest BCUT2D eigenvalue weighted by atomic mass is 9.67. The Bertz CT molecular complexity index is 1200. The maximum atomic E-state index is 13.7. The van der Waals surface area contributed by atoms with E-state index >= 15 is 0 Å². The zero-order chi connectivity index (χ0) is 20.7. The zero-order valence-corrected chi connectivity index (χ0v) is 16.5. The number of cyclic esters (lactones) is 1. The van der Waals surface area contributed by atoms with Crippen molar-refractivity contribution in [3.05, 3.63) is 69.0 Å². The molecule has 29 heavy (non-hydrogen) atoms. The summed E-state index contributed by atoms with van der Waals surface area (Å²) >= 11 is 0. The highest BCUT2D eigenvalue weighted by Gasteiger charge is 2.63. The zero-order valence-electron chi connectivity index (χ0n) is 16.5. The maximum Gasteiger partial charge on any atom is 0.344 e. The van der Waals surface area contributed by atoms with Crippen LogP contribution in [0.15, 0.2) is 50.9 Å². The van der Waals surface area contributed by atoms with Crippen LogP contribution in [0, 0.1) is 6.92 Å². The number of amides is 1. The van der Waals surface area contributed by atoms with Gasteiger partial charge in [-0.3, -0.25) is 4.79 Å². The number of carbonyl (C=O) groups is 2. The Morgan fingerprint density at radius 3 is 2.59 bits per heavy atom. The summed E-state index contributed by atoms with van der Waals surface area (Å²) in [7, 11) is 1.62. The molecule has 3 aliphatic heterocycles. The number of fused-ring (bicyclic) bond motifs is 5. The summed E-state index contributed by atoms with van der Waals surface area (Å²) in [4.78, 5) is 41.4. The van der Waals surface area contributed by atoms with Crippen LogP contribution in [-0.2, 0) is 19.7 Å². The molecule has 2 aromatic rings. The van der Waals surface area contributed by atoms with E-state index in [0.717, 1.165) is 0 Å². The number of benzene rings is 1. The van der Waals surface area contributed by atoms with Gasteiger partial charge in [0.05, 0.1) is 0 Å². The van der Waals surface area contributed by atoms with Crippen molar-refractivity contribution in [1.29, 1.82) is 0 Å². The van der Waals surface area contributed by atoms with Crippen molar-refractivity contribution < 1.29 is 23.5 Å². The van der Waals surface area contributed by atoms with Gasteiger partial charge in [-0.15, -0.1) is 0 Å². The van der Waals surface area contributed by atoms with Gasteiger partial charge in [0.25, 0.3) is 0 Å². The molecule has 1 aromatic carbocycles. The van der Waals surface area contributed by atoms with E-state index in [1.807, 2.05) is 0 Å². The molecule has 0 unspecified atom stereocenters. The molecule has 7 heteroatoms. The number of ether oxygens (including phenoxy) is 2. The number of nitrogens with zero attached hydrogens (tertiary/aromatic N) is 1. The monoisotopic (exact) mass is 393 g/mol. The summed E-state index contributed by atoms with van der Waals surface area (Å²) in [5.41, 5.74) is -1.93. The quantitative estimate of drug-likeness (QED) is 0.640. The first-order valence-electron chi connectivity index (χ1n) is 9.34. The second kappa shape index (κ2) is 5.37. The molecular weight excluding hydrogens is 374 g/mol. The van der Waals surface area contributed by atoms with Crippen LogP contribution in [0.3, 0.4) is 0 Å². The third-order valence-corrected chi connectivity index (χ3v) is 5.75. The van der Waals surface area contributed by atoms with E-state index in [4.69, 9.17) is 13.9 Å². The van der Waals surface area contributed by atoms with Crippen LogP contribution in [0.1, 0.15) is 37.2 Å².